The Bertz CT molecular complexity index is 1090. The summed E-state index contributed by atoms with van der Waals surface area (Å²) in [5, 5.41) is 5.66. The number of rotatable bonds is 9. The fourth-order valence-corrected chi connectivity index (χ4v) is 3.04. The first-order valence-corrected chi connectivity index (χ1v) is 10.4. The summed E-state index contributed by atoms with van der Waals surface area (Å²) in [7, 11) is 0. The fourth-order valence-electron chi connectivity index (χ4n) is 3.04. The van der Waals surface area contributed by atoms with E-state index in [0.29, 0.717) is 35.5 Å². The van der Waals surface area contributed by atoms with E-state index in [1.165, 1.54) is 0 Å². The molecule has 0 fully saturated rings. The van der Waals surface area contributed by atoms with Crippen LogP contribution in [0.3, 0.4) is 0 Å². The summed E-state index contributed by atoms with van der Waals surface area (Å²) >= 11 is 0. The molecule has 3 rings (SSSR count). The van der Waals surface area contributed by atoms with Gasteiger partial charge in [0.25, 0.3) is 11.8 Å². The van der Waals surface area contributed by atoms with Crippen molar-refractivity contribution >= 4 is 29.0 Å². The molecule has 0 unspecified atom stereocenters. The number of amides is 2. The van der Waals surface area contributed by atoms with Crippen LogP contribution in [0.1, 0.15) is 34.8 Å². The highest BCUT2D eigenvalue weighted by molar-refractivity contribution is 6.04. The Morgan fingerprint density at radius 1 is 0.875 bits per heavy atom. The van der Waals surface area contributed by atoms with Crippen molar-refractivity contribution in [1.29, 1.82) is 0 Å². The number of hydrogen-bond donors (Lipinski definition) is 2. The lowest BCUT2D eigenvalue weighted by Crippen LogP contribution is -2.21. The highest BCUT2D eigenvalue weighted by Crippen LogP contribution is 2.21. The number of ketones is 1. The van der Waals surface area contributed by atoms with Gasteiger partial charge in [-0.3, -0.25) is 9.59 Å². The summed E-state index contributed by atoms with van der Waals surface area (Å²) in [5.74, 6) is 0.204. The molecule has 6 heteroatoms. The Balaban J connectivity index is 1.55. The van der Waals surface area contributed by atoms with Crippen molar-refractivity contribution in [1.82, 2.24) is 0 Å². The van der Waals surface area contributed by atoms with Crippen LogP contribution in [0, 0.1) is 6.92 Å². The molecule has 164 valence electrons. The summed E-state index contributed by atoms with van der Waals surface area (Å²) in [6.07, 6.45) is 1.19. The maximum Gasteiger partial charge on any atom is 0.262 e. The zero-order valence-corrected chi connectivity index (χ0v) is 18.2. The van der Waals surface area contributed by atoms with Crippen LogP contribution in [0.5, 0.6) is 5.75 Å². The number of nitrogens with one attached hydrogen (secondary N) is 2. The van der Waals surface area contributed by atoms with Gasteiger partial charge in [0.15, 0.2) is 6.61 Å². The smallest absolute Gasteiger partial charge is 0.262 e. The van der Waals surface area contributed by atoms with Gasteiger partial charge in [-0.2, -0.15) is 0 Å². The molecule has 2 N–H and O–H groups in total. The van der Waals surface area contributed by atoms with E-state index in [2.05, 4.69) is 10.6 Å². The topological polar surface area (TPSA) is 84.5 Å². The number of Topliss-reactive ketones (excluding diaryl/α,β-unsaturated/α-hetero) is 1. The maximum atomic E-state index is 12.4. The van der Waals surface area contributed by atoms with Crippen LogP contribution >= 0.6 is 0 Å². The van der Waals surface area contributed by atoms with E-state index in [-0.39, 0.29) is 24.2 Å². The highest BCUT2D eigenvalue weighted by Gasteiger charge is 2.10. The minimum Gasteiger partial charge on any atom is -0.484 e. The van der Waals surface area contributed by atoms with E-state index >= 15 is 0 Å². The fraction of sp³-hybridized carbons (Fsp3) is 0.192. The third-order valence-corrected chi connectivity index (χ3v) is 4.86. The van der Waals surface area contributed by atoms with Crippen molar-refractivity contribution in [2.24, 2.45) is 0 Å². The highest BCUT2D eigenvalue weighted by atomic mass is 16.5. The molecule has 6 nitrogen and oxygen atoms in total. The SMILES string of the molecule is CC(=O)CCc1ccc(OCC(=O)Nc2cc(NC(=O)c3ccccc3)ccc2C)cc1. The summed E-state index contributed by atoms with van der Waals surface area (Å²) in [6.45, 7) is 3.30. The quantitative estimate of drug-likeness (QED) is 0.511. The summed E-state index contributed by atoms with van der Waals surface area (Å²) in [5.41, 5.74) is 3.65. The zero-order chi connectivity index (χ0) is 22.9. The normalized spacial score (nSPS) is 10.3. The molecule has 3 aromatic rings. The van der Waals surface area contributed by atoms with E-state index in [9.17, 15) is 14.4 Å². The number of hydrogen-bond acceptors (Lipinski definition) is 4. The first-order chi connectivity index (χ1) is 15.4. The Morgan fingerprint density at radius 2 is 1.59 bits per heavy atom. The van der Waals surface area contributed by atoms with Gasteiger partial charge in [-0.05, 0) is 67.8 Å². The first-order valence-electron chi connectivity index (χ1n) is 10.4. The second kappa shape index (κ2) is 10.9. The Kier molecular flexibility index (Phi) is 7.75. The van der Waals surface area contributed by atoms with Crippen molar-refractivity contribution in [3.63, 3.8) is 0 Å². The molecular formula is C26H26N2O4. The molecule has 0 aliphatic rings. The molecule has 0 aliphatic heterocycles. The summed E-state index contributed by atoms with van der Waals surface area (Å²) < 4.78 is 5.56. The average Bonchev–Trinajstić information content (AvgIpc) is 2.79. The van der Waals surface area contributed by atoms with Crippen molar-refractivity contribution in [2.45, 2.75) is 26.7 Å². The molecule has 0 heterocycles. The van der Waals surface area contributed by atoms with E-state index in [1.807, 2.05) is 31.2 Å². The van der Waals surface area contributed by atoms with Crippen LogP contribution in [0.4, 0.5) is 11.4 Å². The van der Waals surface area contributed by atoms with E-state index < -0.39 is 0 Å². The predicted octanol–water partition coefficient (Wildman–Crippen LogP) is 4.79. The number of anilines is 2. The molecular weight excluding hydrogens is 404 g/mol. The number of benzene rings is 3. The number of aryl methyl sites for hydroxylation is 2. The van der Waals surface area contributed by atoms with Gasteiger partial charge in [-0.1, -0.05) is 36.4 Å². The van der Waals surface area contributed by atoms with Gasteiger partial charge in [0.05, 0.1) is 0 Å². The van der Waals surface area contributed by atoms with Gasteiger partial charge < -0.3 is 20.2 Å². The van der Waals surface area contributed by atoms with E-state index in [0.717, 1.165) is 11.1 Å². The minimum absolute atomic E-state index is 0.146. The standard InChI is InChI=1S/C26H26N2O4/c1-18-8-13-22(27-26(31)21-6-4-3-5-7-21)16-24(18)28-25(30)17-32-23-14-11-20(12-15-23)10-9-19(2)29/h3-8,11-16H,9-10,17H2,1-2H3,(H,27,31)(H,28,30). The molecule has 0 saturated carbocycles. The third-order valence-electron chi connectivity index (χ3n) is 4.86. The number of ether oxygens (including phenoxy) is 1. The van der Waals surface area contributed by atoms with Crippen molar-refractivity contribution in [3.05, 3.63) is 89.5 Å². The van der Waals surface area contributed by atoms with Crippen LogP contribution in [-0.2, 0) is 16.0 Å². The van der Waals surface area contributed by atoms with Crippen molar-refractivity contribution in [2.75, 3.05) is 17.2 Å². The molecule has 32 heavy (non-hydrogen) atoms. The number of carbonyl (C=O) groups excluding carboxylic acids is 3. The lowest BCUT2D eigenvalue weighted by Gasteiger charge is -2.12. The van der Waals surface area contributed by atoms with E-state index in [4.69, 9.17) is 4.74 Å². The van der Waals surface area contributed by atoms with Gasteiger partial charge in [0.1, 0.15) is 11.5 Å². The zero-order valence-electron chi connectivity index (χ0n) is 18.2. The largest absolute Gasteiger partial charge is 0.484 e. The first kappa shape index (κ1) is 22.7. The lowest BCUT2D eigenvalue weighted by molar-refractivity contribution is -0.118. The van der Waals surface area contributed by atoms with Gasteiger partial charge in [-0.15, -0.1) is 0 Å². The third kappa shape index (κ3) is 6.80. The van der Waals surface area contributed by atoms with Gasteiger partial charge >= 0.3 is 0 Å². The van der Waals surface area contributed by atoms with Crippen molar-refractivity contribution in [3.8, 4) is 5.75 Å². The van der Waals surface area contributed by atoms with Gasteiger partial charge in [0, 0.05) is 23.4 Å². The monoisotopic (exact) mass is 430 g/mol. The molecule has 0 bridgehead atoms. The van der Waals surface area contributed by atoms with E-state index in [1.54, 1.807) is 55.5 Å². The maximum absolute atomic E-state index is 12.4. The van der Waals surface area contributed by atoms with Crippen LogP contribution in [0.2, 0.25) is 0 Å². The van der Waals surface area contributed by atoms with Gasteiger partial charge in [0.2, 0.25) is 0 Å². The molecule has 0 aliphatic carbocycles. The molecule has 0 saturated heterocycles. The summed E-state index contributed by atoms with van der Waals surface area (Å²) in [4.78, 5) is 35.8. The molecule has 3 aromatic carbocycles. The Morgan fingerprint density at radius 3 is 2.28 bits per heavy atom. The Hall–Kier alpha value is -3.93. The average molecular weight is 431 g/mol. The molecule has 0 spiro atoms. The number of carbonyl (C=O) groups is 3. The predicted molar refractivity (Wildman–Crippen MR) is 125 cm³/mol. The molecule has 0 atom stereocenters. The van der Waals surface area contributed by atoms with Crippen LogP contribution < -0.4 is 15.4 Å². The second-order valence-electron chi connectivity index (χ2n) is 7.53. The van der Waals surface area contributed by atoms with Gasteiger partial charge in [-0.25, -0.2) is 0 Å². The van der Waals surface area contributed by atoms with Crippen molar-refractivity contribution < 1.29 is 19.1 Å². The summed E-state index contributed by atoms with van der Waals surface area (Å²) in [6, 6.07) is 21.6. The Labute approximate surface area is 187 Å². The lowest BCUT2D eigenvalue weighted by atomic mass is 10.1. The van der Waals surface area contributed by atoms with Crippen LogP contribution in [-0.4, -0.2) is 24.2 Å². The second-order valence-corrected chi connectivity index (χ2v) is 7.53. The minimum atomic E-state index is -0.305. The molecule has 0 radical (unpaired) electrons. The van der Waals surface area contributed by atoms with Crippen LogP contribution in [0.15, 0.2) is 72.8 Å². The van der Waals surface area contributed by atoms with Crippen LogP contribution in [0.25, 0.3) is 0 Å². The molecule has 0 aromatic heterocycles. The molecule has 2 amide bonds.